The van der Waals surface area contributed by atoms with Crippen LogP contribution in [0.25, 0.3) is 5.69 Å². The number of hydrogen-bond acceptors (Lipinski definition) is 5. The lowest BCUT2D eigenvalue weighted by Gasteiger charge is -2.22. The largest absolute Gasteiger partial charge is 0.486 e. The van der Waals surface area contributed by atoms with Gasteiger partial charge in [0.2, 0.25) is 0 Å². The van der Waals surface area contributed by atoms with Gasteiger partial charge in [0.05, 0.1) is 11.9 Å². The Kier molecular flexibility index (Phi) is 4.74. The Morgan fingerprint density at radius 2 is 1.89 bits per heavy atom. The quantitative estimate of drug-likeness (QED) is 0.696. The van der Waals surface area contributed by atoms with Crippen LogP contribution in [0.3, 0.4) is 0 Å². The molecule has 2 heterocycles. The zero-order valence-corrected chi connectivity index (χ0v) is 15.0. The van der Waals surface area contributed by atoms with Crippen LogP contribution in [0.1, 0.15) is 23.0 Å². The predicted octanol–water partition coefficient (Wildman–Crippen LogP) is 2.70. The minimum Gasteiger partial charge on any atom is -0.486 e. The summed E-state index contributed by atoms with van der Waals surface area (Å²) >= 11 is 0. The van der Waals surface area contributed by atoms with Crippen molar-refractivity contribution in [3.8, 4) is 17.2 Å². The summed E-state index contributed by atoms with van der Waals surface area (Å²) < 4.78 is 11.2. The number of carbonyl (C=O) groups is 1. The number of benzene rings is 2. The summed E-state index contributed by atoms with van der Waals surface area (Å²) in [6.45, 7) is 4.06. The Hall–Kier alpha value is -3.35. The van der Waals surface area contributed by atoms with Gasteiger partial charge in [0.25, 0.3) is 5.91 Å². The molecule has 3 aromatic rings. The Labute approximate surface area is 157 Å². The number of para-hydroxylation sites is 1. The zero-order valence-electron chi connectivity index (χ0n) is 15.0. The van der Waals surface area contributed by atoms with Crippen molar-refractivity contribution in [1.29, 1.82) is 0 Å². The lowest BCUT2D eigenvalue weighted by molar-refractivity contribution is 0.0745. The first-order valence-electron chi connectivity index (χ1n) is 8.90. The second-order valence-electron chi connectivity index (χ2n) is 6.15. The van der Waals surface area contributed by atoms with E-state index >= 15 is 0 Å². The second-order valence-corrected chi connectivity index (χ2v) is 6.15. The van der Waals surface area contributed by atoms with Crippen molar-refractivity contribution in [2.24, 2.45) is 0 Å². The fourth-order valence-corrected chi connectivity index (χ4v) is 2.94. The topological polar surface area (TPSA) is 69.5 Å². The van der Waals surface area contributed by atoms with Gasteiger partial charge >= 0.3 is 0 Å². The monoisotopic (exact) mass is 364 g/mol. The number of aromatic nitrogens is 3. The highest BCUT2D eigenvalue weighted by molar-refractivity contribution is 5.91. The van der Waals surface area contributed by atoms with Gasteiger partial charge in [-0.3, -0.25) is 4.79 Å². The first kappa shape index (κ1) is 17.1. The van der Waals surface area contributed by atoms with E-state index < -0.39 is 0 Å². The highest BCUT2D eigenvalue weighted by Crippen LogP contribution is 2.31. The number of nitrogens with zero attached hydrogens (tertiary/aromatic N) is 4. The second kappa shape index (κ2) is 7.49. The molecule has 0 unspecified atom stereocenters. The van der Waals surface area contributed by atoms with Gasteiger partial charge in [-0.05, 0) is 36.8 Å². The molecule has 0 bridgehead atoms. The minimum atomic E-state index is -0.158. The van der Waals surface area contributed by atoms with Crippen LogP contribution in [-0.4, -0.2) is 45.6 Å². The van der Waals surface area contributed by atoms with Gasteiger partial charge in [0.1, 0.15) is 13.2 Å². The van der Waals surface area contributed by atoms with Crippen LogP contribution in [0, 0.1) is 0 Å². The minimum absolute atomic E-state index is 0.158. The van der Waals surface area contributed by atoms with Crippen LogP contribution in [0.4, 0.5) is 0 Å². The number of carbonyl (C=O) groups excluding carboxylic acids is 1. The molecule has 1 aliphatic heterocycles. The third kappa shape index (κ3) is 3.62. The summed E-state index contributed by atoms with van der Waals surface area (Å²) in [5.41, 5.74) is 2.11. The van der Waals surface area contributed by atoms with Crippen molar-refractivity contribution in [3.05, 3.63) is 66.0 Å². The fourth-order valence-electron chi connectivity index (χ4n) is 2.94. The van der Waals surface area contributed by atoms with Gasteiger partial charge in [-0.1, -0.05) is 24.3 Å². The Balaban J connectivity index is 1.51. The van der Waals surface area contributed by atoms with E-state index in [9.17, 15) is 4.79 Å². The molecule has 27 heavy (non-hydrogen) atoms. The Morgan fingerprint density at radius 3 is 2.67 bits per heavy atom. The van der Waals surface area contributed by atoms with E-state index in [0.29, 0.717) is 32.0 Å². The number of amides is 1. The summed E-state index contributed by atoms with van der Waals surface area (Å²) in [6, 6.07) is 15.3. The lowest BCUT2D eigenvalue weighted by atomic mass is 10.1. The molecule has 0 atom stereocenters. The molecule has 0 saturated heterocycles. The molecule has 7 heteroatoms. The molecule has 1 aromatic heterocycles. The number of rotatable bonds is 5. The maximum atomic E-state index is 12.9. The molecule has 0 saturated carbocycles. The van der Waals surface area contributed by atoms with Gasteiger partial charge in [-0.2, -0.15) is 9.90 Å². The predicted molar refractivity (Wildman–Crippen MR) is 99.2 cm³/mol. The summed E-state index contributed by atoms with van der Waals surface area (Å²) in [4.78, 5) is 16.1. The molecule has 4 rings (SSSR count). The van der Waals surface area contributed by atoms with Crippen LogP contribution >= 0.6 is 0 Å². The van der Waals surface area contributed by atoms with E-state index in [0.717, 1.165) is 22.7 Å². The van der Waals surface area contributed by atoms with Crippen molar-refractivity contribution >= 4 is 5.91 Å². The molecule has 0 fully saturated rings. The standard InChI is InChI=1S/C20H20N4O3/c1-2-23(14-15-8-9-18-19(12-15)27-11-10-26-18)20(25)17-13-21-24(22-17)16-6-4-3-5-7-16/h3-9,12-13H,2,10-11,14H2,1H3. The summed E-state index contributed by atoms with van der Waals surface area (Å²) in [5, 5.41) is 8.54. The summed E-state index contributed by atoms with van der Waals surface area (Å²) in [5.74, 6) is 1.30. The average Bonchev–Trinajstić information content (AvgIpc) is 3.22. The molecule has 2 aromatic carbocycles. The van der Waals surface area contributed by atoms with Gasteiger partial charge < -0.3 is 14.4 Å². The molecule has 1 aliphatic rings. The molecule has 1 amide bonds. The molecule has 7 nitrogen and oxygen atoms in total. The number of fused-ring (bicyclic) bond motifs is 1. The summed E-state index contributed by atoms with van der Waals surface area (Å²) in [6.07, 6.45) is 1.50. The van der Waals surface area contributed by atoms with E-state index in [1.807, 2.05) is 55.5 Å². The van der Waals surface area contributed by atoms with Crippen LogP contribution in [0.15, 0.2) is 54.7 Å². The molecular weight excluding hydrogens is 344 g/mol. The van der Waals surface area contributed by atoms with Crippen molar-refractivity contribution in [3.63, 3.8) is 0 Å². The van der Waals surface area contributed by atoms with E-state index in [4.69, 9.17) is 9.47 Å². The van der Waals surface area contributed by atoms with E-state index in [2.05, 4.69) is 10.2 Å². The highest BCUT2D eigenvalue weighted by Gasteiger charge is 2.20. The zero-order chi connectivity index (χ0) is 18.6. The van der Waals surface area contributed by atoms with Crippen molar-refractivity contribution in [2.45, 2.75) is 13.5 Å². The molecule has 0 spiro atoms. The van der Waals surface area contributed by atoms with Crippen molar-refractivity contribution < 1.29 is 14.3 Å². The first-order valence-corrected chi connectivity index (χ1v) is 8.90. The maximum absolute atomic E-state index is 12.9. The Morgan fingerprint density at radius 1 is 1.11 bits per heavy atom. The van der Waals surface area contributed by atoms with E-state index in [1.165, 1.54) is 11.0 Å². The third-order valence-corrected chi connectivity index (χ3v) is 4.35. The highest BCUT2D eigenvalue weighted by atomic mass is 16.6. The maximum Gasteiger partial charge on any atom is 0.276 e. The van der Waals surface area contributed by atoms with Gasteiger partial charge in [0.15, 0.2) is 17.2 Å². The lowest BCUT2D eigenvalue weighted by Crippen LogP contribution is -2.30. The molecular formula is C20H20N4O3. The first-order chi connectivity index (χ1) is 13.2. The fraction of sp³-hybridized carbons (Fsp3) is 0.250. The van der Waals surface area contributed by atoms with Crippen molar-refractivity contribution in [2.75, 3.05) is 19.8 Å². The SMILES string of the molecule is CCN(Cc1ccc2c(c1)OCCO2)C(=O)c1cnn(-c2ccccc2)n1. The van der Waals surface area contributed by atoms with Gasteiger partial charge in [-0.25, -0.2) is 0 Å². The smallest absolute Gasteiger partial charge is 0.276 e. The molecule has 0 aliphatic carbocycles. The van der Waals surface area contributed by atoms with Gasteiger partial charge in [-0.15, -0.1) is 5.10 Å². The summed E-state index contributed by atoms with van der Waals surface area (Å²) in [7, 11) is 0. The average molecular weight is 364 g/mol. The molecule has 138 valence electrons. The van der Waals surface area contributed by atoms with Crippen molar-refractivity contribution in [1.82, 2.24) is 19.9 Å². The Bertz CT molecular complexity index is 939. The third-order valence-electron chi connectivity index (χ3n) is 4.35. The number of ether oxygens (including phenoxy) is 2. The normalized spacial score (nSPS) is 12.6. The van der Waals surface area contributed by atoms with E-state index in [-0.39, 0.29) is 5.91 Å². The van der Waals surface area contributed by atoms with Crippen LogP contribution < -0.4 is 9.47 Å². The van der Waals surface area contributed by atoms with Crippen LogP contribution in [0.5, 0.6) is 11.5 Å². The van der Waals surface area contributed by atoms with Gasteiger partial charge in [0, 0.05) is 13.1 Å². The van der Waals surface area contributed by atoms with Crippen LogP contribution in [0.2, 0.25) is 0 Å². The van der Waals surface area contributed by atoms with E-state index in [1.54, 1.807) is 4.90 Å². The molecule has 0 N–H and O–H groups in total. The number of hydrogen-bond donors (Lipinski definition) is 0. The molecule has 0 radical (unpaired) electrons. The van der Waals surface area contributed by atoms with Crippen LogP contribution in [-0.2, 0) is 6.54 Å².